The molecule has 1 aliphatic heterocycles. The van der Waals surface area contributed by atoms with Gasteiger partial charge >= 0.3 is 0 Å². The van der Waals surface area contributed by atoms with Crippen LogP contribution >= 0.6 is 11.3 Å². The van der Waals surface area contributed by atoms with Crippen molar-refractivity contribution in [3.8, 4) is 10.4 Å². The van der Waals surface area contributed by atoms with Gasteiger partial charge in [-0.2, -0.15) is 0 Å². The van der Waals surface area contributed by atoms with Crippen molar-refractivity contribution >= 4 is 17.6 Å². The number of likely N-dealkylation sites (tertiary alicyclic amines) is 1. The molecule has 20 heavy (non-hydrogen) atoms. The molecule has 2 nitrogen and oxygen atoms in total. The molecule has 1 aromatic heterocycles. The Bertz CT molecular complexity index is 556. The molecule has 104 valence electrons. The van der Waals surface area contributed by atoms with E-state index < -0.39 is 0 Å². The van der Waals surface area contributed by atoms with Crippen molar-refractivity contribution in [2.45, 2.75) is 19.4 Å². The first-order valence-corrected chi connectivity index (χ1v) is 8.03. The number of hydrogen-bond donors (Lipinski definition) is 0. The minimum Gasteiger partial charge on any atom is -0.303 e. The van der Waals surface area contributed by atoms with Crippen LogP contribution in [0, 0.1) is 5.92 Å². The van der Waals surface area contributed by atoms with E-state index in [1.54, 1.807) is 11.3 Å². The van der Waals surface area contributed by atoms with Crippen molar-refractivity contribution in [1.82, 2.24) is 4.90 Å². The lowest BCUT2D eigenvalue weighted by molar-refractivity contribution is -0.112. The molecule has 1 saturated heterocycles. The molecule has 0 bridgehead atoms. The monoisotopic (exact) mass is 285 g/mol. The summed E-state index contributed by atoms with van der Waals surface area (Å²) in [5.74, 6) is 0.281. The first-order valence-electron chi connectivity index (χ1n) is 7.15. The van der Waals surface area contributed by atoms with Crippen LogP contribution in [0.3, 0.4) is 0 Å². The van der Waals surface area contributed by atoms with Crippen LogP contribution in [0.1, 0.15) is 18.4 Å². The minimum absolute atomic E-state index is 0.281. The molecule has 0 atom stereocenters. The fourth-order valence-electron chi connectivity index (χ4n) is 2.77. The Balaban J connectivity index is 1.66. The summed E-state index contributed by atoms with van der Waals surface area (Å²) in [4.78, 5) is 14.6. The van der Waals surface area contributed by atoms with Crippen LogP contribution in [-0.4, -0.2) is 24.3 Å². The van der Waals surface area contributed by atoms with Gasteiger partial charge in [-0.1, -0.05) is 24.3 Å². The van der Waals surface area contributed by atoms with Crippen LogP contribution in [0.5, 0.6) is 0 Å². The molecule has 0 saturated carbocycles. The lowest BCUT2D eigenvalue weighted by Crippen LogP contribution is -2.33. The smallest absolute Gasteiger partial charge is 0.123 e. The average molecular weight is 285 g/mol. The molecule has 1 aliphatic rings. The predicted octanol–water partition coefficient (Wildman–Crippen LogP) is 3.83. The topological polar surface area (TPSA) is 20.3 Å². The van der Waals surface area contributed by atoms with Crippen molar-refractivity contribution in [1.29, 1.82) is 0 Å². The maximum absolute atomic E-state index is 10.8. The Morgan fingerprint density at radius 1 is 1.20 bits per heavy atom. The Labute approximate surface area is 124 Å². The summed E-state index contributed by atoms with van der Waals surface area (Å²) < 4.78 is 0. The number of piperidine rings is 1. The highest BCUT2D eigenvalue weighted by molar-refractivity contribution is 7.13. The van der Waals surface area contributed by atoms with Crippen molar-refractivity contribution in [3.63, 3.8) is 0 Å². The lowest BCUT2D eigenvalue weighted by Gasteiger charge is -2.29. The lowest BCUT2D eigenvalue weighted by atomic mass is 9.98. The highest BCUT2D eigenvalue weighted by Gasteiger charge is 2.18. The Kier molecular flexibility index (Phi) is 4.28. The molecule has 0 radical (unpaired) electrons. The SMILES string of the molecule is O=CC1CCN(Cc2cccc(-c3cccs3)c2)CC1. The molecule has 2 heterocycles. The second-order valence-electron chi connectivity index (χ2n) is 5.43. The quantitative estimate of drug-likeness (QED) is 0.796. The third kappa shape index (κ3) is 3.17. The molecule has 3 heteroatoms. The second kappa shape index (κ2) is 6.33. The van der Waals surface area contributed by atoms with Crippen molar-refractivity contribution in [3.05, 3.63) is 47.3 Å². The van der Waals surface area contributed by atoms with Crippen molar-refractivity contribution in [2.75, 3.05) is 13.1 Å². The second-order valence-corrected chi connectivity index (χ2v) is 6.38. The van der Waals surface area contributed by atoms with Crippen LogP contribution in [0.4, 0.5) is 0 Å². The fraction of sp³-hybridized carbons (Fsp3) is 0.353. The van der Waals surface area contributed by atoms with Gasteiger partial charge in [0, 0.05) is 17.3 Å². The van der Waals surface area contributed by atoms with E-state index in [1.165, 1.54) is 16.0 Å². The number of thiophene rings is 1. The van der Waals surface area contributed by atoms with Gasteiger partial charge in [0.25, 0.3) is 0 Å². The van der Waals surface area contributed by atoms with Gasteiger partial charge in [0.15, 0.2) is 0 Å². The summed E-state index contributed by atoms with van der Waals surface area (Å²) >= 11 is 1.78. The van der Waals surface area contributed by atoms with Gasteiger partial charge in [-0.15, -0.1) is 11.3 Å². The molecule has 3 rings (SSSR count). The zero-order chi connectivity index (χ0) is 13.8. The summed E-state index contributed by atoms with van der Waals surface area (Å²) in [6, 6.07) is 13.1. The highest BCUT2D eigenvalue weighted by Crippen LogP contribution is 2.26. The summed E-state index contributed by atoms with van der Waals surface area (Å²) in [5.41, 5.74) is 2.67. The van der Waals surface area contributed by atoms with Crippen LogP contribution < -0.4 is 0 Å². The van der Waals surface area contributed by atoms with E-state index in [1.807, 2.05) is 0 Å². The number of benzene rings is 1. The number of nitrogens with zero attached hydrogens (tertiary/aromatic N) is 1. The van der Waals surface area contributed by atoms with Gasteiger partial charge in [0.2, 0.25) is 0 Å². The third-order valence-corrected chi connectivity index (χ3v) is 4.88. The van der Waals surface area contributed by atoms with E-state index in [0.717, 1.165) is 38.8 Å². The van der Waals surface area contributed by atoms with Gasteiger partial charge in [-0.25, -0.2) is 0 Å². The number of carbonyl (C=O) groups is 1. The van der Waals surface area contributed by atoms with E-state index >= 15 is 0 Å². The van der Waals surface area contributed by atoms with E-state index in [0.29, 0.717) is 0 Å². The average Bonchev–Trinajstić information content (AvgIpc) is 3.03. The van der Waals surface area contributed by atoms with Crippen molar-refractivity contribution in [2.24, 2.45) is 5.92 Å². The zero-order valence-electron chi connectivity index (χ0n) is 11.5. The van der Waals surface area contributed by atoms with Crippen LogP contribution in [0.2, 0.25) is 0 Å². The van der Waals surface area contributed by atoms with Crippen LogP contribution in [0.25, 0.3) is 10.4 Å². The van der Waals surface area contributed by atoms with Crippen LogP contribution in [0.15, 0.2) is 41.8 Å². The molecule has 0 spiro atoms. The van der Waals surface area contributed by atoms with Crippen LogP contribution in [-0.2, 0) is 11.3 Å². The Morgan fingerprint density at radius 2 is 2.05 bits per heavy atom. The highest BCUT2D eigenvalue weighted by atomic mass is 32.1. The maximum Gasteiger partial charge on any atom is 0.123 e. The molecule has 0 unspecified atom stereocenters. The van der Waals surface area contributed by atoms with E-state index in [9.17, 15) is 4.79 Å². The molecular formula is C17H19NOS. The van der Waals surface area contributed by atoms with Gasteiger partial charge in [0.1, 0.15) is 6.29 Å². The van der Waals surface area contributed by atoms with E-state index in [4.69, 9.17) is 0 Å². The number of hydrogen-bond acceptors (Lipinski definition) is 3. The Morgan fingerprint density at radius 3 is 2.75 bits per heavy atom. The summed E-state index contributed by atoms with van der Waals surface area (Å²) in [6.45, 7) is 3.06. The third-order valence-electron chi connectivity index (χ3n) is 3.96. The molecule has 0 aliphatic carbocycles. The summed E-state index contributed by atoms with van der Waals surface area (Å²) in [5, 5.41) is 2.12. The van der Waals surface area contributed by atoms with E-state index in [-0.39, 0.29) is 5.92 Å². The van der Waals surface area contributed by atoms with Gasteiger partial charge in [0.05, 0.1) is 0 Å². The standard InChI is InChI=1S/C17H19NOS/c19-13-14-6-8-18(9-7-14)12-15-3-1-4-16(11-15)17-5-2-10-20-17/h1-5,10-11,13-14H,6-9,12H2. The summed E-state index contributed by atoms with van der Waals surface area (Å²) in [7, 11) is 0. The predicted molar refractivity (Wildman–Crippen MR) is 83.8 cm³/mol. The summed E-state index contributed by atoms with van der Waals surface area (Å²) in [6.07, 6.45) is 3.14. The van der Waals surface area contributed by atoms with Gasteiger partial charge < -0.3 is 4.79 Å². The molecular weight excluding hydrogens is 266 g/mol. The molecule has 0 N–H and O–H groups in total. The fourth-order valence-corrected chi connectivity index (χ4v) is 3.50. The van der Waals surface area contributed by atoms with Crippen molar-refractivity contribution < 1.29 is 4.79 Å². The number of carbonyl (C=O) groups excluding carboxylic acids is 1. The molecule has 1 aromatic carbocycles. The zero-order valence-corrected chi connectivity index (χ0v) is 12.3. The largest absolute Gasteiger partial charge is 0.303 e. The minimum atomic E-state index is 0.281. The molecule has 2 aromatic rings. The molecule has 0 amide bonds. The number of aldehydes is 1. The van der Waals surface area contributed by atoms with Gasteiger partial charge in [-0.05, 0) is 54.6 Å². The Hall–Kier alpha value is -1.45. The number of rotatable bonds is 4. The van der Waals surface area contributed by atoms with Gasteiger partial charge in [-0.3, -0.25) is 4.90 Å². The normalized spacial score (nSPS) is 17.2. The molecule has 1 fully saturated rings. The first-order chi connectivity index (χ1) is 9.85. The maximum atomic E-state index is 10.8. The first kappa shape index (κ1) is 13.5. The van der Waals surface area contributed by atoms with E-state index in [2.05, 4.69) is 46.7 Å².